The molecular weight excluding hydrogens is 450 g/mol. The largest absolute Gasteiger partial charge is 0.496 e. The maximum Gasteiger partial charge on any atom is 0.138 e. The summed E-state index contributed by atoms with van der Waals surface area (Å²) in [6.45, 7) is -0.140. The van der Waals surface area contributed by atoms with Gasteiger partial charge in [-0.1, -0.05) is 12.1 Å². The molecule has 0 saturated carbocycles. The van der Waals surface area contributed by atoms with Crippen LogP contribution < -0.4 is 9.47 Å². The van der Waals surface area contributed by atoms with Crippen molar-refractivity contribution in [2.75, 3.05) is 14.2 Å². The zero-order valence-electron chi connectivity index (χ0n) is 18.7. The predicted octanol–water partition coefficient (Wildman–Crippen LogP) is 4.82. The van der Waals surface area contributed by atoms with E-state index in [0.717, 1.165) is 48.9 Å². The molecule has 0 saturated heterocycles. The standard InChI is InChI=1S/C26H23N3O4S/c1-32-23-11-18(3-4-19(23)14-31)22-12-27-15-29(22)20-7-5-17(6-8-20)26-28-21-9-16(13-30)10-24(33-2)25(21)34-26/h3-12,15,30-31H,13-14H2,1-2H3. The zero-order chi connectivity index (χ0) is 23.7. The summed E-state index contributed by atoms with van der Waals surface area (Å²) in [6.07, 6.45) is 3.58. The minimum Gasteiger partial charge on any atom is -0.496 e. The van der Waals surface area contributed by atoms with Gasteiger partial charge in [-0.15, -0.1) is 11.3 Å². The monoisotopic (exact) mass is 473 g/mol. The molecule has 0 bridgehead atoms. The van der Waals surface area contributed by atoms with Crippen molar-refractivity contribution in [3.8, 4) is 39.0 Å². The van der Waals surface area contributed by atoms with Crippen LogP contribution in [0.3, 0.4) is 0 Å². The topological polar surface area (TPSA) is 89.6 Å². The molecular formula is C26H23N3O4S. The fourth-order valence-corrected chi connectivity index (χ4v) is 4.98. The number of hydrogen-bond acceptors (Lipinski definition) is 7. The Bertz CT molecular complexity index is 1460. The maximum absolute atomic E-state index is 9.52. The van der Waals surface area contributed by atoms with Crippen LogP contribution in [0.5, 0.6) is 11.5 Å². The minimum atomic E-state index is -0.0802. The van der Waals surface area contributed by atoms with Crippen LogP contribution in [0.4, 0.5) is 0 Å². The Morgan fingerprint density at radius 3 is 2.35 bits per heavy atom. The Hall–Kier alpha value is -3.72. The highest BCUT2D eigenvalue weighted by Crippen LogP contribution is 2.37. The summed E-state index contributed by atoms with van der Waals surface area (Å²) in [5, 5.41) is 19.9. The molecule has 0 unspecified atom stereocenters. The summed E-state index contributed by atoms with van der Waals surface area (Å²) >= 11 is 1.56. The Morgan fingerprint density at radius 2 is 1.65 bits per heavy atom. The summed E-state index contributed by atoms with van der Waals surface area (Å²) in [5.41, 5.74) is 6.12. The normalized spacial score (nSPS) is 11.2. The van der Waals surface area contributed by atoms with Gasteiger partial charge in [0.1, 0.15) is 16.5 Å². The van der Waals surface area contributed by atoms with Crippen molar-refractivity contribution in [3.63, 3.8) is 0 Å². The molecule has 0 aliphatic rings. The van der Waals surface area contributed by atoms with Crippen LogP contribution in [0, 0.1) is 0 Å². The molecule has 5 aromatic rings. The Labute approximate surface area is 200 Å². The van der Waals surface area contributed by atoms with E-state index < -0.39 is 0 Å². The number of aromatic nitrogens is 3. The first-order chi connectivity index (χ1) is 16.6. The van der Waals surface area contributed by atoms with Gasteiger partial charge in [0.15, 0.2) is 0 Å². The van der Waals surface area contributed by atoms with E-state index in [1.165, 1.54) is 0 Å². The third-order valence-electron chi connectivity index (χ3n) is 5.70. The van der Waals surface area contributed by atoms with Gasteiger partial charge in [0.05, 0.1) is 55.9 Å². The first-order valence-corrected chi connectivity index (χ1v) is 11.5. The Balaban J connectivity index is 1.49. The molecule has 0 atom stereocenters. The van der Waals surface area contributed by atoms with Crippen molar-refractivity contribution in [1.29, 1.82) is 0 Å². The predicted molar refractivity (Wildman–Crippen MR) is 133 cm³/mol. The molecule has 34 heavy (non-hydrogen) atoms. The number of aliphatic hydroxyl groups excluding tert-OH is 2. The highest BCUT2D eigenvalue weighted by atomic mass is 32.1. The lowest BCUT2D eigenvalue weighted by Crippen LogP contribution is -1.97. The molecule has 0 aliphatic carbocycles. The van der Waals surface area contributed by atoms with Crippen LogP contribution in [0.15, 0.2) is 67.1 Å². The van der Waals surface area contributed by atoms with E-state index in [4.69, 9.17) is 14.5 Å². The molecule has 0 fully saturated rings. The van der Waals surface area contributed by atoms with E-state index in [1.54, 1.807) is 38.1 Å². The number of hydrogen-bond donors (Lipinski definition) is 2. The van der Waals surface area contributed by atoms with Crippen molar-refractivity contribution < 1.29 is 19.7 Å². The van der Waals surface area contributed by atoms with Crippen molar-refractivity contribution in [1.82, 2.24) is 14.5 Å². The van der Waals surface area contributed by atoms with Gasteiger partial charge in [-0.25, -0.2) is 9.97 Å². The zero-order valence-corrected chi connectivity index (χ0v) is 19.5. The lowest BCUT2D eigenvalue weighted by molar-refractivity contribution is 0.274. The number of nitrogens with zero attached hydrogens (tertiary/aromatic N) is 3. The minimum absolute atomic E-state index is 0.0598. The lowest BCUT2D eigenvalue weighted by Gasteiger charge is -2.12. The van der Waals surface area contributed by atoms with E-state index in [2.05, 4.69) is 4.98 Å². The maximum atomic E-state index is 9.52. The van der Waals surface area contributed by atoms with Crippen molar-refractivity contribution >= 4 is 21.6 Å². The molecule has 0 radical (unpaired) electrons. The van der Waals surface area contributed by atoms with Crippen LogP contribution in [0.25, 0.3) is 37.7 Å². The quantitative estimate of drug-likeness (QED) is 0.352. The van der Waals surface area contributed by atoms with Gasteiger partial charge in [-0.2, -0.15) is 0 Å². The Kier molecular flexibility index (Phi) is 6.02. The van der Waals surface area contributed by atoms with Gasteiger partial charge in [0, 0.05) is 22.4 Å². The van der Waals surface area contributed by atoms with E-state index in [1.807, 2.05) is 59.2 Å². The number of methoxy groups -OCH3 is 2. The third-order valence-corrected chi connectivity index (χ3v) is 6.84. The van der Waals surface area contributed by atoms with Crippen LogP contribution in [0.2, 0.25) is 0 Å². The number of rotatable bonds is 7. The third kappa shape index (κ3) is 3.92. The van der Waals surface area contributed by atoms with E-state index in [0.29, 0.717) is 11.5 Å². The van der Waals surface area contributed by atoms with Gasteiger partial charge < -0.3 is 19.7 Å². The van der Waals surface area contributed by atoms with Gasteiger partial charge in [-0.3, -0.25) is 4.57 Å². The van der Waals surface area contributed by atoms with E-state index in [-0.39, 0.29) is 13.2 Å². The van der Waals surface area contributed by atoms with Crippen LogP contribution >= 0.6 is 11.3 Å². The summed E-state index contributed by atoms with van der Waals surface area (Å²) < 4.78 is 13.9. The molecule has 8 heteroatoms. The second kappa shape index (κ2) is 9.26. The van der Waals surface area contributed by atoms with Gasteiger partial charge in [0.2, 0.25) is 0 Å². The second-order valence-corrected chi connectivity index (χ2v) is 8.70. The van der Waals surface area contributed by atoms with E-state index >= 15 is 0 Å². The highest BCUT2D eigenvalue weighted by Gasteiger charge is 2.14. The molecule has 2 aromatic heterocycles. The van der Waals surface area contributed by atoms with Gasteiger partial charge in [0.25, 0.3) is 0 Å². The fraction of sp³-hybridized carbons (Fsp3) is 0.154. The molecule has 2 N–H and O–H groups in total. The van der Waals surface area contributed by atoms with Crippen LogP contribution in [-0.4, -0.2) is 39.0 Å². The van der Waals surface area contributed by atoms with E-state index in [9.17, 15) is 10.2 Å². The number of benzene rings is 3. The second-order valence-electron chi connectivity index (χ2n) is 7.70. The van der Waals surface area contributed by atoms with Gasteiger partial charge >= 0.3 is 0 Å². The lowest BCUT2D eigenvalue weighted by atomic mass is 10.1. The molecule has 3 aromatic carbocycles. The van der Waals surface area contributed by atoms with Crippen LogP contribution in [-0.2, 0) is 13.2 Å². The average molecular weight is 474 g/mol. The molecule has 7 nitrogen and oxygen atoms in total. The van der Waals surface area contributed by atoms with Crippen molar-refractivity contribution in [3.05, 3.63) is 78.2 Å². The molecule has 0 aliphatic heterocycles. The molecule has 0 amide bonds. The first kappa shape index (κ1) is 22.1. The molecule has 0 spiro atoms. The van der Waals surface area contributed by atoms with Crippen molar-refractivity contribution in [2.24, 2.45) is 0 Å². The SMILES string of the molecule is COc1cc(-c2cncn2-c2ccc(-c3nc4cc(CO)cc(OC)c4s3)cc2)ccc1CO. The summed E-state index contributed by atoms with van der Waals surface area (Å²) in [5.74, 6) is 1.35. The molecule has 172 valence electrons. The highest BCUT2D eigenvalue weighted by molar-refractivity contribution is 7.22. The average Bonchev–Trinajstić information content (AvgIpc) is 3.55. The summed E-state index contributed by atoms with van der Waals surface area (Å²) in [7, 11) is 3.22. The van der Waals surface area contributed by atoms with Crippen molar-refractivity contribution in [2.45, 2.75) is 13.2 Å². The first-order valence-electron chi connectivity index (χ1n) is 10.6. The molecule has 2 heterocycles. The smallest absolute Gasteiger partial charge is 0.138 e. The number of imidazole rings is 1. The number of ether oxygens (including phenoxy) is 2. The summed E-state index contributed by atoms with van der Waals surface area (Å²) in [4.78, 5) is 9.11. The van der Waals surface area contributed by atoms with Crippen LogP contribution in [0.1, 0.15) is 11.1 Å². The number of fused-ring (bicyclic) bond motifs is 1. The molecule has 5 rings (SSSR count). The van der Waals surface area contributed by atoms with Gasteiger partial charge in [-0.05, 0) is 48.0 Å². The Morgan fingerprint density at radius 1 is 0.882 bits per heavy atom. The number of thiazole rings is 1. The fourth-order valence-electron chi connectivity index (χ4n) is 3.94. The summed E-state index contributed by atoms with van der Waals surface area (Å²) in [6, 6.07) is 17.6. The number of aliphatic hydroxyl groups is 2.